The molecule has 1 fully saturated rings. The van der Waals surface area contributed by atoms with Gasteiger partial charge in [0.2, 0.25) is 0 Å². The predicted molar refractivity (Wildman–Crippen MR) is 103 cm³/mol. The van der Waals surface area contributed by atoms with Gasteiger partial charge in [0.05, 0.1) is 25.3 Å². The van der Waals surface area contributed by atoms with Gasteiger partial charge in [-0.15, -0.1) is 0 Å². The molecule has 1 aliphatic heterocycles. The Hall–Kier alpha value is -2.86. The van der Waals surface area contributed by atoms with Crippen LogP contribution in [0.5, 0.6) is 5.75 Å². The second-order valence-electron chi connectivity index (χ2n) is 6.69. The molecule has 0 spiro atoms. The maximum Gasteiger partial charge on any atom is 0.255 e. The van der Waals surface area contributed by atoms with Crippen LogP contribution in [0.1, 0.15) is 21.5 Å². The number of anilines is 1. The van der Waals surface area contributed by atoms with Gasteiger partial charge in [0, 0.05) is 12.2 Å². The first-order valence-corrected chi connectivity index (χ1v) is 8.89. The third kappa shape index (κ3) is 4.46. The molecule has 2 aromatic carbocycles. The zero-order chi connectivity index (χ0) is 19.4. The molecule has 1 aliphatic rings. The summed E-state index contributed by atoms with van der Waals surface area (Å²) in [4.78, 5) is 26.5. The number of carbonyl (C=O) groups is 2. The SMILES string of the molecule is COc1ccccc1C(=O)NCC1CN(c2cc(C)cc(C)c2)C(=O)CO1. The molecule has 0 bridgehead atoms. The number of nitrogens with one attached hydrogen (secondary N) is 1. The summed E-state index contributed by atoms with van der Waals surface area (Å²) in [5.41, 5.74) is 3.54. The van der Waals surface area contributed by atoms with Gasteiger partial charge in [0.25, 0.3) is 11.8 Å². The van der Waals surface area contributed by atoms with E-state index in [2.05, 4.69) is 11.4 Å². The second kappa shape index (κ2) is 8.22. The molecule has 2 aromatic rings. The second-order valence-corrected chi connectivity index (χ2v) is 6.69. The minimum Gasteiger partial charge on any atom is -0.496 e. The van der Waals surface area contributed by atoms with Gasteiger partial charge >= 0.3 is 0 Å². The maximum atomic E-state index is 12.4. The van der Waals surface area contributed by atoms with E-state index in [9.17, 15) is 9.59 Å². The summed E-state index contributed by atoms with van der Waals surface area (Å²) in [5.74, 6) is 0.213. The Morgan fingerprint density at radius 1 is 1.22 bits per heavy atom. The molecule has 3 rings (SSSR count). The van der Waals surface area contributed by atoms with E-state index in [1.165, 1.54) is 7.11 Å². The molecule has 27 heavy (non-hydrogen) atoms. The van der Waals surface area contributed by atoms with Crippen LogP contribution in [0.2, 0.25) is 0 Å². The van der Waals surface area contributed by atoms with Crippen molar-refractivity contribution in [1.82, 2.24) is 5.32 Å². The van der Waals surface area contributed by atoms with Crippen LogP contribution in [0.15, 0.2) is 42.5 Å². The fourth-order valence-electron chi connectivity index (χ4n) is 3.24. The number of carbonyl (C=O) groups excluding carboxylic acids is 2. The molecule has 2 amide bonds. The van der Waals surface area contributed by atoms with E-state index in [1.807, 2.05) is 32.0 Å². The van der Waals surface area contributed by atoms with Crippen molar-refractivity contribution in [2.75, 3.05) is 31.7 Å². The number of morpholine rings is 1. The molecule has 0 aliphatic carbocycles. The van der Waals surface area contributed by atoms with Gasteiger partial charge in [-0.1, -0.05) is 18.2 Å². The first-order chi connectivity index (χ1) is 13.0. The van der Waals surface area contributed by atoms with E-state index < -0.39 is 0 Å². The number of ether oxygens (including phenoxy) is 2. The Kier molecular flexibility index (Phi) is 5.76. The number of rotatable bonds is 5. The monoisotopic (exact) mass is 368 g/mol. The number of aryl methyl sites for hydroxylation is 2. The molecule has 1 N–H and O–H groups in total. The largest absolute Gasteiger partial charge is 0.496 e. The quantitative estimate of drug-likeness (QED) is 0.880. The predicted octanol–water partition coefficient (Wildman–Crippen LogP) is 2.47. The molecule has 6 heteroatoms. The van der Waals surface area contributed by atoms with Gasteiger partial charge in [-0.2, -0.15) is 0 Å². The standard InChI is InChI=1S/C21H24N2O4/c1-14-8-15(2)10-16(9-14)23-12-17(27-13-20(23)24)11-22-21(25)18-6-4-5-7-19(18)26-3/h4-10,17H,11-13H2,1-3H3,(H,22,25). The minimum absolute atomic E-state index is 0.00217. The molecule has 1 saturated heterocycles. The van der Waals surface area contributed by atoms with Gasteiger partial charge in [0.15, 0.2) is 0 Å². The minimum atomic E-state index is -0.276. The van der Waals surface area contributed by atoms with Crippen molar-refractivity contribution in [3.05, 3.63) is 59.2 Å². The van der Waals surface area contributed by atoms with Crippen LogP contribution in [-0.2, 0) is 9.53 Å². The fourth-order valence-corrected chi connectivity index (χ4v) is 3.24. The number of hydrogen-bond donors (Lipinski definition) is 1. The van der Waals surface area contributed by atoms with E-state index in [-0.39, 0.29) is 24.5 Å². The average Bonchev–Trinajstić information content (AvgIpc) is 2.66. The number of para-hydroxylation sites is 1. The summed E-state index contributed by atoms with van der Waals surface area (Å²) in [6.45, 7) is 4.72. The molecule has 142 valence electrons. The van der Waals surface area contributed by atoms with Crippen molar-refractivity contribution in [3.8, 4) is 5.75 Å². The smallest absolute Gasteiger partial charge is 0.255 e. The lowest BCUT2D eigenvalue weighted by Crippen LogP contribution is -2.50. The van der Waals surface area contributed by atoms with Crippen LogP contribution in [0.4, 0.5) is 5.69 Å². The zero-order valence-corrected chi connectivity index (χ0v) is 15.8. The summed E-state index contributed by atoms with van der Waals surface area (Å²) in [7, 11) is 1.53. The highest BCUT2D eigenvalue weighted by molar-refractivity contribution is 5.97. The third-order valence-electron chi connectivity index (χ3n) is 4.49. The summed E-state index contributed by atoms with van der Waals surface area (Å²) in [6.07, 6.45) is -0.276. The highest BCUT2D eigenvalue weighted by Gasteiger charge is 2.28. The van der Waals surface area contributed by atoms with E-state index >= 15 is 0 Å². The third-order valence-corrected chi connectivity index (χ3v) is 4.49. The Labute approximate surface area is 159 Å². The topological polar surface area (TPSA) is 67.9 Å². The van der Waals surface area contributed by atoms with Crippen molar-refractivity contribution in [1.29, 1.82) is 0 Å². The number of hydrogen-bond acceptors (Lipinski definition) is 4. The highest BCUT2D eigenvalue weighted by atomic mass is 16.5. The normalized spacial score (nSPS) is 16.9. The first kappa shape index (κ1) is 18.9. The average molecular weight is 368 g/mol. The summed E-state index contributed by atoms with van der Waals surface area (Å²) in [6, 6.07) is 13.1. The number of methoxy groups -OCH3 is 1. The van der Waals surface area contributed by atoms with Crippen LogP contribution in [0, 0.1) is 13.8 Å². The van der Waals surface area contributed by atoms with Gasteiger partial charge in [-0.25, -0.2) is 0 Å². The number of nitrogens with zero attached hydrogens (tertiary/aromatic N) is 1. The molecule has 1 atom stereocenters. The van der Waals surface area contributed by atoms with Crippen LogP contribution in [0.25, 0.3) is 0 Å². The van der Waals surface area contributed by atoms with Crippen molar-refractivity contribution in [3.63, 3.8) is 0 Å². The summed E-state index contributed by atoms with van der Waals surface area (Å²) >= 11 is 0. The Morgan fingerprint density at radius 2 is 1.93 bits per heavy atom. The first-order valence-electron chi connectivity index (χ1n) is 8.89. The summed E-state index contributed by atoms with van der Waals surface area (Å²) in [5, 5.41) is 2.87. The molecule has 0 saturated carbocycles. The molecule has 0 aromatic heterocycles. The van der Waals surface area contributed by atoms with Gasteiger partial charge < -0.3 is 19.7 Å². The van der Waals surface area contributed by atoms with Crippen LogP contribution in [0.3, 0.4) is 0 Å². The van der Waals surface area contributed by atoms with Crippen molar-refractivity contribution >= 4 is 17.5 Å². The van der Waals surface area contributed by atoms with E-state index in [4.69, 9.17) is 9.47 Å². The van der Waals surface area contributed by atoms with Crippen LogP contribution >= 0.6 is 0 Å². The van der Waals surface area contributed by atoms with E-state index in [0.29, 0.717) is 24.4 Å². The van der Waals surface area contributed by atoms with Gasteiger partial charge in [0.1, 0.15) is 12.4 Å². The lowest BCUT2D eigenvalue weighted by Gasteiger charge is -2.33. The highest BCUT2D eigenvalue weighted by Crippen LogP contribution is 2.22. The van der Waals surface area contributed by atoms with Gasteiger partial charge in [-0.05, 0) is 49.2 Å². The summed E-state index contributed by atoms with van der Waals surface area (Å²) < 4.78 is 10.8. The van der Waals surface area contributed by atoms with Crippen molar-refractivity contribution < 1.29 is 19.1 Å². The molecule has 0 radical (unpaired) electrons. The Bertz CT molecular complexity index is 830. The molecule has 6 nitrogen and oxygen atoms in total. The lowest BCUT2D eigenvalue weighted by atomic mass is 10.1. The number of amides is 2. The van der Waals surface area contributed by atoms with Gasteiger partial charge in [-0.3, -0.25) is 9.59 Å². The molecular weight excluding hydrogens is 344 g/mol. The van der Waals surface area contributed by atoms with E-state index in [1.54, 1.807) is 23.1 Å². The lowest BCUT2D eigenvalue weighted by molar-refractivity contribution is -0.129. The number of benzene rings is 2. The van der Waals surface area contributed by atoms with Crippen LogP contribution in [-0.4, -0.2) is 44.7 Å². The molecule has 1 unspecified atom stereocenters. The Morgan fingerprint density at radius 3 is 2.63 bits per heavy atom. The molecule has 1 heterocycles. The van der Waals surface area contributed by atoms with E-state index in [0.717, 1.165) is 16.8 Å². The zero-order valence-electron chi connectivity index (χ0n) is 15.8. The Balaban J connectivity index is 1.66. The fraction of sp³-hybridized carbons (Fsp3) is 0.333. The molecular formula is C21H24N2O4. The van der Waals surface area contributed by atoms with Crippen molar-refractivity contribution in [2.45, 2.75) is 20.0 Å². The van der Waals surface area contributed by atoms with Crippen molar-refractivity contribution in [2.24, 2.45) is 0 Å². The van der Waals surface area contributed by atoms with Crippen LogP contribution < -0.4 is 15.0 Å². The maximum absolute atomic E-state index is 12.4.